The van der Waals surface area contributed by atoms with E-state index in [1.54, 1.807) is 13.0 Å². The molecular formula is C26H32O6. The molecule has 1 aliphatic carbocycles. The Morgan fingerprint density at radius 2 is 2.00 bits per heavy atom. The molecule has 1 saturated carbocycles. The highest BCUT2D eigenvalue weighted by molar-refractivity contribution is 5.98. The zero-order chi connectivity index (χ0) is 23.4. The van der Waals surface area contributed by atoms with Gasteiger partial charge in [0.25, 0.3) is 0 Å². The van der Waals surface area contributed by atoms with E-state index in [1.807, 2.05) is 6.92 Å². The maximum absolute atomic E-state index is 12.5. The number of fused-ring (bicyclic) bond motifs is 1. The van der Waals surface area contributed by atoms with Crippen LogP contribution < -0.4 is 4.74 Å². The number of aliphatic carboxylic acids is 1. The van der Waals surface area contributed by atoms with Crippen molar-refractivity contribution in [3.8, 4) is 5.75 Å². The fourth-order valence-electron chi connectivity index (χ4n) is 4.99. The minimum Gasteiger partial charge on any atom is -0.481 e. The minimum absolute atomic E-state index is 0.0180. The van der Waals surface area contributed by atoms with Gasteiger partial charge in [-0.1, -0.05) is 37.5 Å². The fraction of sp³-hybridized carbons (Fsp3) is 0.500. The first-order valence-corrected chi connectivity index (χ1v) is 11.3. The predicted octanol–water partition coefficient (Wildman–Crippen LogP) is 5.09. The first-order valence-electron chi connectivity index (χ1n) is 11.3. The lowest BCUT2D eigenvalue weighted by molar-refractivity contribution is -0.142. The van der Waals surface area contributed by atoms with E-state index in [-0.39, 0.29) is 18.3 Å². The van der Waals surface area contributed by atoms with Gasteiger partial charge in [-0.15, -0.1) is 6.58 Å². The number of carboxylic acid groups (broad SMARTS) is 1. The van der Waals surface area contributed by atoms with Gasteiger partial charge < -0.3 is 14.6 Å². The average Bonchev–Trinajstić information content (AvgIpc) is 2.97. The Morgan fingerprint density at radius 1 is 1.25 bits per heavy atom. The summed E-state index contributed by atoms with van der Waals surface area (Å²) >= 11 is 0. The van der Waals surface area contributed by atoms with Crippen LogP contribution >= 0.6 is 0 Å². The van der Waals surface area contributed by atoms with Crippen LogP contribution in [0.2, 0.25) is 0 Å². The average molecular weight is 441 g/mol. The van der Waals surface area contributed by atoms with Crippen molar-refractivity contribution in [3.63, 3.8) is 0 Å². The van der Waals surface area contributed by atoms with Crippen molar-refractivity contribution in [1.82, 2.24) is 0 Å². The minimum atomic E-state index is -0.785. The summed E-state index contributed by atoms with van der Waals surface area (Å²) in [5, 5.41) is 9.61. The van der Waals surface area contributed by atoms with Crippen molar-refractivity contribution in [1.29, 1.82) is 0 Å². The zero-order valence-electron chi connectivity index (χ0n) is 19.2. The highest BCUT2D eigenvalue weighted by atomic mass is 16.6. The summed E-state index contributed by atoms with van der Waals surface area (Å²) < 4.78 is 10.8. The largest absolute Gasteiger partial charge is 0.481 e. The van der Waals surface area contributed by atoms with Crippen LogP contribution in [-0.4, -0.2) is 23.0 Å². The van der Waals surface area contributed by atoms with Crippen molar-refractivity contribution in [2.45, 2.75) is 72.3 Å². The lowest BCUT2D eigenvalue weighted by Crippen LogP contribution is -2.22. The SMILES string of the molecule is C=CCc1c(C)c2c(c(OC(C)=O)c1C/C=C1\CCCCCC1C(C)C(=O)O)C(=O)OC2. The number of hydrogen-bond donors (Lipinski definition) is 1. The smallest absolute Gasteiger partial charge is 0.342 e. The molecule has 0 bridgehead atoms. The Bertz CT molecular complexity index is 971. The van der Waals surface area contributed by atoms with Crippen molar-refractivity contribution in [2.24, 2.45) is 11.8 Å². The van der Waals surface area contributed by atoms with E-state index in [1.165, 1.54) is 6.92 Å². The molecule has 32 heavy (non-hydrogen) atoms. The summed E-state index contributed by atoms with van der Waals surface area (Å²) in [6, 6.07) is 0. The Labute approximate surface area is 189 Å². The van der Waals surface area contributed by atoms with Crippen molar-refractivity contribution >= 4 is 17.9 Å². The van der Waals surface area contributed by atoms with Gasteiger partial charge in [-0.25, -0.2) is 4.79 Å². The van der Waals surface area contributed by atoms with Crippen LogP contribution in [0.25, 0.3) is 0 Å². The highest BCUT2D eigenvalue weighted by Crippen LogP contribution is 2.40. The molecule has 0 saturated heterocycles. The highest BCUT2D eigenvalue weighted by Gasteiger charge is 2.33. The molecule has 0 radical (unpaired) electrons. The normalized spacial score (nSPS) is 20.3. The number of allylic oxidation sites excluding steroid dienone is 3. The van der Waals surface area contributed by atoms with Gasteiger partial charge in [-0.2, -0.15) is 0 Å². The lowest BCUT2D eigenvalue weighted by atomic mass is 9.82. The second-order valence-corrected chi connectivity index (χ2v) is 8.74. The van der Waals surface area contributed by atoms with E-state index < -0.39 is 23.8 Å². The van der Waals surface area contributed by atoms with Gasteiger partial charge in [0.15, 0.2) is 0 Å². The monoisotopic (exact) mass is 440 g/mol. The van der Waals surface area contributed by atoms with Crippen molar-refractivity contribution in [2.75, 3.05) is 0 Å². The number of carbonyl (C=O) groups excluding carboxylic acids is 2. The number of hydrogen-bond acceptors (Lipinski definition) is 5. The van der Waals surface area contributed by atoms with Gasteiger partial charge in [0.2, 0.25) is 0 Å². The van der Waals surface area contributed by atoms with E-state index in [4.69, 9.17) is 9.47 Å². The summed E-state index contributed by atoms with van der Waals surface area (Å²) in [5.74, 6) is -1.98. The van der Waals surface area contributed by atoms with E-state index >= 15 is 0 Å². The molecule has 2 aliphatic rings. The van der Waals surface area contributed by atoms with Gasteiger partial charge in [-0.3, -0.25) is 9.59 Å². The summed E-state index contributed by atoms with van der Waals surface area (Å²) in [5.41, 5.74) is 4.92. The van der Waals surface area contributed by atoms with Crippen LogP contribution in [0.15, 0.2) is 24.3 Å². The summed E-state index contributed by atoms with van der Waals surface area (Å²) in [6.45, 7) is 9.08. The number of ether oxygens (including phenoxy) is 2. The molecule has 1 aromatic rings. The van der Waals surface area contributed by atoms with Crippen LogP contribution in [0.1, 0.15) is 78.6 Å². The maximum Gasteiger partial charge on any atom is 0.342 e. The van der Waals surface area contributed by atoms with Gasteiger partial charge >= 0.3 is 17.9 Å². The second kappa shape index (κ2) is 10.2. The molecule has 1 N–H and O–H groups in total. The standard InChI is InChI=1S/C26H32O6/c1-5-9-20-15(2)22-14-31-26(30)23(22)24(32-17(4)27)21(20)13-12-18-10-7-6-8-11-19(18)16(3)25(28)29/h5,12,16,19H,1,6-11,13-14H2,2-4H3,(H,28,29)/b18-12+. The van der Waals surface area contributed by atoms with Crippen LogP contribution in [-0.2, 0) is 33.8 Å². The van der Waals surface area contributed by atoms with Crippen LogP contribution in [0.3, 0.4) is 0 Å². The Balaban J connectivity index is 2.13. The Morgan fingerprint density at radius 3 is 2.66 bits per heavy atom. The third-order valence-corrected chi connectivity index (χ3v) is 6.74. The number of rotatable bonds is 7. The number of carbonyl (C=O) groups is 3. The molecule has 1 aliphatic heterocycles. The summed E-state index contributed by atoms with van der Waals surface area (Å²) in [7, 11) is 0. The van der Waals surface area contributed by atoms with Crippen LogP contribution in [0.4, 0.5) is 0 Å². The van der Waals surface area contributed by atoms with E-state index in [2.05, 4.69) is 12.7 Å². The first kappa shape index (κ1) is 23.8. The summed E-state index contributed by atoms with van der Waals surface area (Å²) in [6.07, 6.45) is 9.74. The van der Waals surface area contributed by atoms with E-state index in [0.717, 1.165) is 59.9 Å². The molecule has 1 heterocycles. The molecule has 1 fully saturated rings. The Kier molecular flexibility index (Phi) is 7.54. The predicted molar refractivity (Wildman–Crippen MR) is 121 cm³/mol. The van der Waals surface area contributed by atoms with Gasteiger partial charge in [0.05, 0.1) is 5.92 Å². The quantitative estimate of drug-likeness (QED) is 0.275. The third kappa shape index (κ3) is 4.79. The molecule has 172 valence electrons. The third-order valence-electron chi connectivity index (χ3n) is 6.74. The van der Waals surface area contributed by atoms with Crippen molar-refractivity contribution in [3.05, 3.63) is 52.1 Å². The molecule has 6 nitrogen and oxygen atoms in total. The van der Waals surface area contributed by atoms with E-state index in [9.17, 15) is 19.5 Å². The number of benzene rings is 1. The Hall–Kier alpha value is -2.89. The molecule has 6 heteroatoms. The van der Waals surface area contributed by atoms with Gasteiger partial charge in [-0.05, 0) is 56.1 Å². The number of carboxylic acids is 1. The van der Waals surface area contributed by atoms with Crippen LogP contribution in [0.5, 0.6) is 5.75 Å². The first-order chi connectivity index (χ1) is 15.3. The molecule has 0 aromatic heterocycles. The van der Waals surface area contributed by atoms with E-state index in [0.29, 0.717) is 18.4 Å². The van der Waals surface area contributed by atoms with Gasteiger partial charge in [0, 0.05) is 18.1 Å². The molecule has 0 spiro atoms. The molecule has 1 aromatic carbocycles. The molecule has 2 unspecified atom stereocenters. The maximum atomic E-state index is 12.5. The van der Waals surface area contributed by atoms with Crippen LogP contribution in [0, 0.1) is 18.8 Å². The summed E-state index contributed by atoms with van der Waals surface area (Å²) in [4.78, 5) is 36.1. The molecule has 0 amide bonds. The molecular weight excluding hydrogens is 408 g/mol. The molecule has 2 atom stereocenters. The second-order valence-electron chi connectivity index (χ2n) is 8.74. The van der Waals surface area contributed by atoms with Crippen molar-refractivity contribution < 1.29 is 29.0 Å². The zero-order valence-corrected chi connectivity index (χ0v) is 19.2. The lowest BCUT2D eigenvalue weighted by Gasteiger charge is -2.23. The molecule has 3 rings (SSSR count). The number of esters is 2. The number of cyclic esters (lactones) is 1. The van der Waals surface area contributed by atoms with Gasteiger partial charge in [0.1, 0.15) is 17.9 Å². The topological polar surface area (TPSA) is 89.9 Å². The fourth-order valence-corrected chi connectivity index (χ4v) is 4.99.